The van der Waals surface area contributed by atoms with Gasteiger partial charge in [-0.05, 0) is 31.4 Å². The molecule has 0 aliphatic carbocycles. The number of nitrogens with zero attached hydrogens (tertiary/aromatic N) is 1. The van der Waals surface area contributed by atoms with Crippen molar-refractivity contribution >= 4 is 39.5 Å². The number of ether oxygens (including phenoxy) is 1. The summed E-state index contributed by atoms with van der Waals surface area (Å²) in [7, 11) is 0. The van der Waals surface area contributed by atoms with Gasteiger partial charge in [-0.2, -0.15) is 0 Å². The number of unbranched alkanes of at least 4 members (excludes halogenated alkanes) is 2. The van der Waals surface area contributed by atoms with Crippen LogP contribution in [-0.4, -0.2) is 28.7 Å². The number of rotatable bonds is 12. The smallest absolute Gasteiger partial charge is 0.312 e. The zero-order valence-electron chi connectivity index (χ0n) is 18.1. The van der Waals surface area contributed by atoms with E-state index in [-0.39, 0.29) is 37.0 Å². The van der Waals surface area contributed by atoms with Gasteiger partial charge in [-0.3, -0.25) is 14.4 Å². The molecule has 1 unspecified atom stereocenters. The summed E-state index contributed by atoms with van der Waals surface area (Å²) < 4.78 is 6.16. The summed E-state index contributed by atoms with van der Waals surface area (Å²) in [5.41, 5.74) is 1.62. The Morgan fingerprint density at radius 1 is 0.906 bits per heavy atom. The van der Waals surface area contributed by atoms with Crippen LogP contribution in [0.15, 0.2) is 64.1 Å². The molecule has 0 amide bonds. The maximum absolute atomic E-state index is 12.3. The highest BCUT2D eigenvalue weighted by Gasteiger charge is 2.14. The third-order valence-electron chi connectivity index (χ3n) is 4.86. The SMILES string of the molecule is CC(N=C(CCC(=O)O)OC(=O)CCCCCC(=O)c1ccccc1Br)c1ccccc1. The topological polar surface area (TPSA) is 93.0 Å². The van der Waals surface area contributed by atoms with Crippen molar-refractivity contribution in [2.75, 3.05) is 0 Å². The Kier molecular flexibility index (Phi) is 10.8. The summed E-state index contributed by atoms with van der Waals surface area (Å²) >= 11 is 3.38. The number of carboxylic acid groups (broad SMARTS) is 1. The van der Waals surface area contributed by atoms with Crippen LogP contribution < -0.4 is 0 Å². The van der Waals surface area contributed by atoms with Gasteiger partial charge in [0, 0.05) is 29.3 Å². The number of Topliss-reactive ketones (excluding diaryl/α,β-unsaturated/α-hetero) is 1. The van der Waals surface area contributed by atoms with Crippen molar-refractivity contribution in [3.8, 4) is 0 Å². The fraction of sp³-hybridized carbons (Fsp3) is 0.360. The van der Waals surface area contributed by atoms with Gasteiger partial charge in [-0.1, -0.05) is 70.9 Å². The molecule has 0 radical (unpaired) electrons. The molecule has 32 heavy (non-hydrogen) atoms. The number of esters is 1. The zero-order valence-corrected chi connectivity index (χ0v) is 19.7. The predicted molar refractivity (Wildman–Crippen MR) is 127 cm³/mol. The van der Waals surface area contributed by atoms with Crippen LogP contribution in [0.2, 0.25) is 0 Å². The third-order valence-corrected chi connectivity index (χ3v) is 5.55. The Balaban J connectivity index is 1.80. The van der Waals surface area contributed by atoms with Crippen molar-refractivity contribution in [2.24, 2.45) is 4.99 Å². The lowest BCUT2D eigenvalue weighted by atomic mass is 10.0. The highest BCUT2D eigenvalue weighted by molar-refractivity contribution is 9.10. The lowest BCUT2D eigenvalue weighted by molar-refractivity contribution is -0.138. The molecule has 0 aromatic heterocycles. The first-order chi connectivity index (χ1) is 15.4. The minimum atomic E-state index is -0.976. The number of ketones is 1. The van der Waals surface area contributed by atoms with E-state index in [0.29, 0.717) is 31.2 Å². The van der Waals surface area contributed by atoms with Gasteiger partial charge < -0.3 is 9.84 Å². The van der Waals surface area contributed by atoms with Crippen molar-refractivity contribution in [1.29, 1.82) is 0 Å². The van der Waals surface area contributed by atoms with E-state index in [1.54, 1.807) is 6.07 Å². The molecule has 7 heteroatoms. The molecule has 2 aromatic carbocycles. The third kappa shape index (κ3) is 9.14. The van der Waals surface area contributed by atoms with Crippen LogP contribution in [0.3, 0.4) is 0 Å². The minimum absolute atomic E-state index is 0.0543. The number of carbonyl (C=O) groups is 3. The first-order valence-corrected chi connectivity index (χ1v) is 11.5. The van der Waals surface area contributed by atoms with Crippen molar-refractivity contribution in [1.82, 2.24) is 0 Å². The van der Waals surface area contributed by atoms with E-state index < -0.39 is 11.9 Å². The number of carbonyl (C=O) groups excluding carboxylic acids is 2. The fourth-order valence-corrected chi connectivity index (χ4v) is 3.62. The van der Waals surface area contributed by atoms with E-state index in [0.717, 1.165) is 10.0 Å². The number of carboxylic acids is 1. The summed E-state index contributed by atoms with van der Waals surface area (Å²) in [6.07, 6.45) is 2.48. The Morgan fingerprint density at radius 3 is 2.25 bits per heavy atom. The van der Waals surface area contributed by atoms with Crippen molar-refractivity contribution < 1.29 is 24.2 Å². The van der Waals surface area contributed by atoms with Crippen LogP contribution in [0, 0.1) is 0 Å². The second-order valence-corrected chi connectivity index (χ2v) is 8.30. The van der Waals surface area contributed by atoms with Crippen LogP contribution >= 0.6 is 15.9 Å². The van der Waals surface area contributed by atoms with Crippen LogP contribution in [-0.2, 0) is 14.3 Å². The minimum Gasteiger partial charge on any atom is -0.481 e. The molecule has 0 bridgehead atoms. The molecular weight excluding hydrogens is 474 g/mol. The van der Waals surface area contributed by atoms with E-state index in [9.17, 15) is 14.4 Å². The predicted octanol–water partition coefficient (Wildman–Crippen LogP) is 6.15. The summed E-state index contributed by atoms with van der Waals surface area (Å²) in [5.74, 6) is -1.21. The first kappa shape index (κ1) is 25.5. The molecule has 2 rings (SSSR count). The molecule has 0 heterocycles. The number of aliphatic imine (C=N–C) groups is 1. The van der Waals surface area contributed by atoms with Gasteiger partial charge >= 0.3 is 11.9 Å². The maximum Gasteiger partial charge on any atom is 0.312 e. The van der Waals surface area contributed by atoms with Crippen LogP contribution in [0.1, 0.15) is 73.8 Å². The van der Waals surface area contributed by atoms with Crippen LogP contribution in [0.25, 0.3) is 0 Å². The fourth-order valence-electron chi connectivity index (χ4n) is 3.11. The lowest BCUT2D eigenvalue weighted by Gasteiger charge is -2.11. The van der Waals surface area contributed by atoms with Crippen molar-refractivity contribution in [2.45, 2.75) is 57.9 Å². The highest BCUT2D eigenvalue weighted by Crippen LogP contribution is 2.20. The molecule has 170 valence electrons. The quantitative estimate of drug-likeness (QED) is 0.124. The highest BCUT2D eigenvalue weighted by atomic mass is 79.9. The normalized spacial score (nSPS) is 12.2. The summed E-state index contributed by atoms with van der Waals surface area (Å²) in [5, 5.41) is 8.97. The number of hydrogen-bond donors (Lipinski definition) is 1. The van der Waals surface area contributed by atoms with Gasteiger partial charge in [-0.25, -0.2) is 4.99 Å². The summed E-state index contributed by atoms with van der Waals surface area (Å²) in [6, 6.07) is 16.6. The molecular formula is C25H28BrNO5. The largest absolute Gasteiger partial charge is 0.481 e. The molecule has 0 saturated carbocycles. The second-order valence-electron chi connectivity index (χ2n) is 7.44. The molecule has 0 aliphatic heterocycles. The van der Waals surface area contributed by atoms with Crippen molar-refractivity contribution in [3.63, 3.8) is 0 Å². The Morgan fingerprint density at radius 2 is 1.56 bits per heavy atom. The van der Waals surface area contributed by atoms with E-state index in [1.807, 2.05) is 55.5 Å². The molecule has 0 saturated heterocycles. The lowest BCUT2D eigenvalue weighted by Crippen LogP contribution is -2.15. The van der Waals surface area contributed by atoms with Crippen LogP contribution in [0.4, 0.5) is 0 Å². The first-order valence-electron chi connectivity index (χ1n) is 10.7. The summed E-state index contributed by atoms with van der Waals surface area (Å²) in [4.78, 5) is 39.9. The zero-order chi connectivity index (χ0) is 23.3. The second kappa shape index (κ2) is 13.6. The number of aliphatic carboxylic acids is 1. The van der Waals surface area contributed by atoms with E-state index >= 15 is 0 Å². The van der Waals surface area contributed by atoms with Gasteiger partial charge in [0.15, 0.2) is 11.7 Å². The van der Waals surface area contributed by atoms with Gasteiger partial charge in [0.05, 0.1) is 12.5 Å². The molecule has 0 fully saturated rings. The average Bonchev–Trinajstić information content (AvgIpc) is 2.78. The van der Waals surface area contributed by atoms with E-state index in [2.05, 4.69) is 20.9 Å². The number of halogens is 1. The van der Waals surface area contributed by atoms with Crippen LogP contribution in [0.5, 0.6) is 0 Å². The Labute approximate surface area is 196 Å². The number of hydrogen-bond acceptors (Lipinski definition) is 5. The van der Waals surface area contributed by atoms with Gasteiger partial charge in [0.2, 0.25) is 0 Å². The molecule has 6 nitrogen and oxygen atoms in total. The van der Waals surface area contributed by atoms with E-state index in [4.69, 9.17) is 9.84 Å². The molecule has 0 aliphatic rings. The molecule has 0 spiro atoms. The standard InChI is InChI=1S/C25H28BrNO5/c1-18(19-10-4-2-5-11-19)27-23(16-17-24(29)30)32-25(31)15-7-3-6-14-22(28)20-12-8-9-13-21(20)26/h2,4-5,8-13,18H,3,6-7,14-17H2,1H3,(H,29,30). The van der Waals surface area contributed by atoms with Gasteiger partial charge in [0.1, 0.15) is 0 Å². The average molecular weight is 502 g/mol. The van der Waals surface area contributed by atoms with Crippen molar-refractivity contribution in [3.05, 3.63) is 70.2 Å². The monoisotopic (exact) mass is 501 g/mol. The maximum atomic E-state index is 12.3. The van der Waals surface area contributed by atoms with E-state index in [1.165, 1.54) is 0 Å². The number of benzene rings is 2. The van der Waals surface area contributed by atoms with Gasteiger partial charge in [-0.15, -0.1) is 0 Å². The molecule has 1 N–H and O–H groups in total. The summed E-state index contributed by atoms with van der Waals surface area (Å²) in [6.45, 7) is 1.87. The molecule has 1 atom stereocenters. The van der Waals surface area contributed by atoms with Gasteiger partial charge in [0.25, 0.3) is 0 Å². The molecule has 2 aromatic rings. The Hall–Kier alpha value is -2.80. The Bertz CT molecular complexity index is 942.